The third kappa shape index (κ3) is 4.56. The molecule has 1 aromatic carbocycles. The maximum absolute atomic E-state index is 12.1. The number of ether oxygens (including phenoxy) is 2. The Bertz CT molecular complexity index is 345. The Labute approximate surface area is 99.7 Å². The lowest BCUT2D eigenvalue weighted by molar-refractivity contribution is 0.0804. The van der Waals surface area contributed by atoms with Crippen LogP contribution in [0.4, 0.5) is 8.78 Å². The number of methoxy groups -OCH3 is 1. The summed E-state index contributed by atoms with van der Waals surface area (Å²) in [6.07, 6.45) is -2.49. The lowest BCUT2D eigenvalue weighted by Crippen LogP contribution is -2.12. The maximum atomic E-state index is 12.1. The van der Waals surface area contributed by atoms with Crippen LogP contribution < -0.4 is 14.8 Å². The van der Waals surface area contributed by atoms with Gasteiger partial charge in [-0.1, -0.05) is 13.0 Å². The van der Waals surface area contributed by atoms with Gasteiger partial charge in [-0.15, -0.1) is 0 Å². The maximum Gasteiger partial charge on any atom is 0.272 e. The summed E-state index contributed by atoms with van der Waals surface area (Å²) in [7, 11) is 1.48. The van der Waals surface area contributed by atoms with Crippen LogP contribution in [0, 0.1) is 0 Å². The fraction of sp³-hybridized carbons (Fsp3) is 0.500. The van der Waals surface area contributed by atoms with Crippen LogP contribution in [0.2, 0.25) is 0 Å². The molecule has 96 valence electrons. The Hall–Kier alpha value is -1.36. The van der Waals surface area contributed by atoms with Crippen LogP contribution in [0.5, 0.6) is 11.5 Å². The first kappa shape index (κ1) is 13.7. The standard InChI is InChI=1S/C12H17F2NO2/c1-3-15-7-9-4-5-10(16-2)11(6-9)17-8-12(13)14/h4-6,12,15H,3,7-8H2,1-2H3. The van der Waals surface area contributed by atoms with Gasteiger partial charge in [-0.25, -0.2) is 8.78 Å². The van der Waals surface area contributed by atoms with Crippen molar-refractivity contribution in [1.82, 2.24) is 5.32 Å². The second kappa shape index (κ2) is 7.06. The first-order valence-electron chi connectivity index (χ1n) is 5.46. The van der Waals surface area contributed by atoms with Crippen molar-refractivity contribution in [2.75, 3.05) is 20.3 Å². The zero-order valence-corrected chi connectivity index (χ0v) is 10.0. The van der Waals surface area contributed by atoms with Crippen molar-refractivity contribution in [1.29, 1.82) is 0 Å². The Morgan fingerprint density at radius 3 is 2.65 bits per heavy atom. The average Bonchev–Trinajstić information content (AvgIpc) is 2.33. The van der Waals surface area contributed by atoms with Crippen molar-refractivity contribution in [3.05, 3.63) is 23.8 Å². The van der Waals surface area contributed by atoms with Gasteiger partial charge in [-0.3, -0.25) is 0 Å². The summed E-state index contributed by atoms with van der Waals surface area (Å²) in [4.78, 5) is 0. The molecule has 0 fully saturated rings. The molecule has 0 unspecified atom stereocenters. The van der Waals surface area contributed by atoms with E-state index in [4.69, 9.17) is 9.47 Å². The van der Waals surface area contributed by atoms with Gasteiger partial charge >= 0.3 is 0 Å². The van der Waals surface area contributed by atoms with Crippen molar-refractivity contribution in [2.45, 2.75) is 19.9 Å². The van der Waals surface area contributed by atoms with E-state index in [0.29, 0.717) is 18.0 Å². The fourth-order valence-corrected chi connectivity index (χ4v) is 1.37. The minimum Gasteiger partial charge on any atom is -0.493 e. The van der Waals surface area contributed by atoms with Gasteiger partial charge < -0.3 is 14.8 Å². The zero-order valence-electron chi connectivity index (χ0n) is 10.0. The van der Waals surface area contributed by atoms with Gasteiger partial charge in [0.15, 0.2) is 11.5 Å². The highest BCUT2D eigenvalue weighted by Crippen LogP contribution is 2.28. The predicted octanol–water partition coefficient (Wildman–Crippen LogP) is 2.45. The van der Waals surface area contributed by atoms with Crippen molar-refractivity contribution >= 4 is 0 Å². The monoisotopic (exact) mass is 245 g/mol. The van der Waals surface area contributed by atoms with Crippen LogP contribution in [-0.4, -0.2) is 26.7 Å². The molecular formula is C12H17F2NO2. The summed E-state index contributed by atoms with van der Waals surface area (Å²) in [6, 6.07) is 5.30. The van der Waals surface area contributed by atoms with E-state index in [1.54, 1.807) is 12.1 Å². The highest BCUT2D eigenvalue weighted by molar-refractivity contribution is 5.42. The molecule has 1 N–H and O–H groups in total. The first-order chi connectivity index (χ1) is 8.17. The molecule has 0 saturated carbocycles. The van der Waals surface area contributed by atoms with Gasteiger partial charge in [0.05, 0.1) is 7.11 Å². The van der Waals surface area contributed by atoms with Crippen LogP contribution in [-0.2, 0) is 6.54 Å². The van der Waals surface area contributed by atoms with Gasteiger partial charge in [0.25, 0.3) is 6.43 Å². The second-order valence-electron chi connectivity index (χ2n) is 3.47. The summed E-state index contributed by atoms with van der Waals surface area (Å²) in [5.74, 6) is 0.814. The third-order valence-corrected chi connectivity index (χ3v) is 2.17. The number of hydrogen-bond donors (Lipinski definition) is 1. The van der Waals surface area contributed by atoms with Crippen molar-refractivity contribution in [3.63, 3.8) is 0 Å². The molecule has 0 aliphatic rings. The Morgan fingerprint density at radius 2 is 2.06 bits per heavy atom. The number of hydrogen-bond acceptors (Lipinski definition) is 3. The summed E-state index contributed by atoms with van der Waals surface area (Å²) in [6.45, 7) is 2.89. The Morgan fingerprint density at radius 1 is 1.29 bits per heavy atom. The molecule has 0 heterocycles. The fourth-order valence-electron chi connectivity index (χ4n) is 1.37. The van der Waals surface area contributed by atoms with E-state index in [9.17, 15) is 8.78 Å². The summed E-state index contributed by atoms with van der Waals surface area (Å²) in [5.41, 5.74) is 0.969. The van der Waals surface area contributed by atoms with Gasteiger partial charge in [0.1, 0.15) is 6.61 Å². The topological polar surface area (TPSA) is 30.5 Å². The van der Waals surface area contributed by atoms with Crippen molar-refractivity contribution in [2.24, 2.45) is 0 Å². The van der Waals surface area contributed by atoms with Gasteiger partial charge in [-0.2, -0.15) is 0 Å². The number of alkyl halides is 2. The van der Waals surface area contributed by atoms with E-state index >= 15 is 0 Å². The molecule has 5 heteroatoms. The summed E-state index contributed by atoms with van der Waals surface area (Å²) in [5, 5.41) is 3.15. The molecular weight excluding hydrogens is 228 g/mol. The summed E-state index contributed by atoms with van der Waals surface area (Å²) < 4.78 is 34.2. The minimum atomic E-state index is -2.49. The molecule has 0 aliphatic carbocycles. The largest absolute Gasteiger partial charge is 0.493 e. The van der Waals surface area contributed by atoms with E-state index in [0.717, 1.165) is 12.1 Å². The van der Waals surface area contributed by atoms with E-state index in [-0.39, 0.29) is 0 Å². The first-order valence-corrected chi connectivity index (χ1v) is 5.46. The van der Waals surface area contributed by atoms with E-state index in [1.165, 1.54) is 7.11 Å². The number of rotatable bonds is 7. The highest BCUT2D eigenvalue weighted by Gasteiger charge is 2.09. The molecule has 0 aromatic heterocycles. The van der Waals surface area contributed by atoms with Crippen molar-refractivity contribution in [3.8, 4) is 11.5 Å². The molecule has 1 aromatic rings. The van der Waals surface area contributed by atoms with Crippen molar-refractivity contribution < 1.29 is 18.3 Å². The van der Waals surface area contributed by atoms with Crippen LogP contribution in [0.1, 0.15) is 12.5 Å². The quantitative estimate of drug-likeness (QED) is 0.800. The van der Waals surface area contributed by atoms with E-state index in [2.05, 4.69) is 5.32 Å². The van der Waals surface area contributed by atoms with Crippen LogP contribution >= 0.6 is 0 Å². The van der Waals surface area contributed by atoms with Crippen LogP contribution in [0.15, 0.2) is 18.2 Å². The Balaban J connectivity index is 2.75. The highest BCUT2D eigenvalue weighted by atomic mass is 19.3. The lowest BCUT2D eigenvalue weighted by atomic mass is 10.2. The predicted molar refractivity (Wildman–Crippen MR) is 61.9 cm³/mol. The molecule has 0 bridgehead atoms. The Kier molecular flexibility index (Phi) is 5.69. The van der Waals surface area contributed by atoms with E-state index in [1.807, 2.05) is 13.0 Å². The van der Waals surface area contributed by atoms with Gasteiger partial charge in [0, 0.05) is 6.54 Å². The third-order valence-electron chi connectivity index (χ3n) is 2.17. The zero-order chi connectivity index (χ0) is 12.7. The minimum absolute atomic E-state index is 0.350. The second-order valence-corrected chi connectivity index (χ2v) is 3.47. The molecule has 0 atom stereocenters. The molecule has 0 amide bonds. The molecule has 17 heavy (non-hydrogen) atoms. The van der Waals surface area contributed by atoms with Crippen LogP contribution in [0.3, 0.4) is 0 Å². The molecule has 0 spiro atoms. The SMILES string of the molecule is CCNCc1ccc(OC)c(OCC(F)F)c1. The summed E-state index contributed by atoms with van der Waals surface area (Å²) >= 11 is 0. The average molecular weight is 245 g/mol. The lowest BCUT2D eigenvalue weighted by Gasteiger charge is -2.12. The van der Waals surface area contributed by atoms with Gasteiger partial charge in [-0.05, 0) is 24.2 Å². The molecule has 1 rings (SSSR count). The van der Waals surface area contributed by atoms with E-state index < -0.39 is 13.0 Å². The molecule has 0 saturated heterocycles. The molecule has 3 nitrogen and oxygen atoms in total. The smallest absolute Gasteiger partial charge is 0.272 e. The normalized spacial score (nSPS) is 10.6. The number of halogens is 2. The van der Waals surface area contributed by atoms with Crippen LogP contribution in [0.25, 0.3) is 0 Å². The molecule has 0 radical (unpaired) electrons. The molecule has 0 aliphatic heterocycles. The number of benzene rings is 1. The van der Waals surface area contributed by atoms with Gasteiger partial charge in [0.2, 0.25) is 0 Å². The number of nitrogens with one attached hydrogen (secondary N) is 1.